The Hall–Kier alpha value is -2.75. The van der Waals surface area contributed by atoms with Crippen molar-refractivity contribution < 1.29 is 14.4 Å². The summed E-state index contributed by atoms with van der Waals surface area (Å²) in [5, 5.41) is 22.4. The van der Waals surface area contributed by atoms with Gasteiger partial charge in [-0.25, -0.2) is 0 Å². The Balaban J connectivity index is 2.28. The van der Waals surface area contributed by atoms with Gasteiger partial charge in [-0.05, 0) is 11.3 Å². The number of hydrogen-bond acceptors (Lipinski definition) is 8. The van der Waals surface area contributed by atoms with E-state index >= 15 is 0 Å². The van der Waals surface area contributed by atoms with Crippen LogP contribution in [-0.4, -0.2) is 32.2 Å². The molecule has 0 spiro atoms. The minimum atomic E-state index is -0.519. The summed E-state index contributed by atoms with van der Waals surface area (Å²) in [5.41, 5.74) is 5.74. The van der Waals surface area contributed by atoms with E-state index < -0.39 is 4.92 Å². The maximum atomic E-state index is 11.0. The van der Waals surface area contributed by atoms with Gasteiger partial charge in [-0.15, -0.1) is 10.2 Å². The van der Waals surface area contributed by atoms with Gasteiger partial charge >= 0.3 is 0 Å². The van der Waals surface area contributed by atoms with Gasteiger partial charge < -0.3 is 15.2 Å². The van der Waals surface area contributed by atoms with Crippen LogP contribution in [0.2, 0.25) is 0 Å². The van der Waals surface area contributed by atoms with Crippen LogP contribution >= 0.6 is 0 Å². The highest BCUT2D eigenvalue weighted by Gasteiger charge is 2.19. The van der Waals surface area contributed by atoms with E-state index in [-0.39, 0.29) is 24.6 Å². The van der Waals surface area contributed by atoms with Crippen molar-refractivity contribution in [1.29, 1.82) is 0 Å². The maximum absolute atomic E-state index is 11.0. The molecule has 0 amide bonds. The molecule has 2 N–H and O–H groups in total. The van der Waals surface area contributed by atoms with Crippen LogP contribution in [0.15, 0.2) is 12.1 Å². The van der Waals surface area contributed by atoms with Crippen molar-refractivity contribution in [3.8, 4) is 11.5 Å². The van der Waals surface area contributed by atoms with Crippen LogP contribution in [-0.2, 0) is 20.2 Å². The Kier molecular flexibility index (Phi) is 4.28. The fourth-order valence-electron chi connectivity index (χ4n) is 1.72. The van der Waals surface area contributed by atoms with Crippen LogP contribution in [0.1, 0.15) is 11.4 Å². The highest BCUT2D eigenvalue weighted by molar-refractivity contribution is 5.54. The van der Waals surface area contributed by atoms with E-state index in [9.17, 15) is 10.1 Å². The summed E-state index contributed by atoms with van der Waals surface area (Å²) in [4.78, 5) is 11.8. The smallest absolute Gasteiger partial charge is 0.277 e. The van der Waals surface area contributed by atoms with Crippen LogP contribution in [0, 0.1) is 10.1 Å². The third kappa shape index (κ3) is 3.23. The Labute approximate surface area is 119 Å². The summed E-state index contributed by atoms with van der Waals surface area (Å²) in [6.07, 6.45) is 0. The molecule has 0 aliphatic heterocycles. The highest BCUT2D eigenvalue weighted by Crippen LogP contribution is 2.34. The van der Waals surface area contributed by atoms with Crippen LogP contribution in [0.4, 0.5) is 5.69 Å². The van der Waals surface area contributed by atoms with Gasteiger partial charge in [0, 0.05) is 12.1 Å². The number of hydrogen-bond donors (Lipinski definition) is 1. The second-order valence-electron chi connectivity index (χ2n) is 4.08. The fourth-order valence-corrected chi connectivity index (χ4v) is 1.72. The molecule has 0 aliphatic carbocycles. The van der Waals surface area contributed by atoms with Crippen molar-refractivity contribution in [3.05, 3.63) is 33.6 Å². The van der Waals surface area contributed by atoms with Gasteiger partial charge in [-0.2, -0.15) is 4.80 Å². The molecule has 10 nitrogen and oxygen atoms in total. The molecule has 112 valence electrons. The van der Waals surface area contributed by atoms with Crippen LogP contribution < -0.4 is 15.2 Å². The summed E-state index contributed by atoms with van der Waals surface area (Å²) in [5.74, 6) is 0.920. The lowest BCUT2D eigenvalue weighted by Crippen LogP contribution is -2.05. The third-order valence-electron chi connectivity index (χ3n) is 2.69. The number of nitro groups is 1. The number of nitro benzene ring substituents is 1. The Morgan fingerprint density at radius 1 is 1.43 bits per heavy atom. The normalized spacial score (nSPS) is 10.4. The predicted octanol–water partition coefficient (Wildman–Crippen LogP) is 0.165. The summed E-state index contributed by atoms with van der Waals surface area (Å²) in [7, 11) is 3.06. The number of aryl methyl sites for hydroxylation is 1. The molecule has 1 aromatic heterocycles. The minimum Gasteiger partial charge on any atom is -0.493 e. The van der Waals surface area contributed by atoms with E-state index in [4.69, 9.17) is 15.2 Å². The lowest BCUT2D eigenvalue weighted by molar-refractivity contribution is -0.385. The molecule has 10 heteroatoms. The number of tetrazole rings is 1. The van der Waals surface area contributed by atoms with E-state index in [1.165, 1.54) is 24.0 Å². The van der Waals surface area contributed by atoms with Gasteiger partial charge in [0.05, 0.1) is 25.1 Å². The third-order valence-corrected chi connectivity index (χ3v) is 2.69. The highest BCUT2D eigenvalue weighted by atomic mass is 16.6. The SMILES string of the molecule is COc1cc(CN)c([N+](=O)[O-])cc1OCc1nnn(C)n1. The van der Waals surface area contributed by atoms with E-state index in [1.807, 2.05) is 0 Å². The first-order chi connectivity index (χ1) is 10.0. The standard InChI is InChI=1S/C11H14N6O4/c1-16-14-11(13-15-16)6-21-10-4-8(17(18)19)7(5-12)3-9(10)20-2/h3-4H,5-6,12H2,1-2H3. The van der Waals surface area contributed by atoms with Crippen molar-refractivity contribution in [2.45, 2.75) is 13.2 Å². The average Bonchev–Trinajstić information content (AvgIpc) is 2.89. The number of benzene rings is 1. The first kappa shape index (κ1) is 14.7. The van der Waals surface area contributed by atoms with Gasteiger partial charge in [0.15, 0.2) is 18.1 Å². The van der Waals surface area contributed by atoms with Crippen molar-refractivity contribution in [3.63, 3.8) is 0 Å². The molecule has 0 saturated heterocycles. The van der Waals surface area contributed by atoms with E-state index in [1.54, 1.807) is 7.05 Å². The van der Waals surface area contributed by atoms with Gasteiger partial charge in [0.1, 0.15) is 0 Å². The predicted molar refractivity (Wildman–Crippen MR) is 70.7 cm³/mol. The average molecular weight is 294 g/mol. The quantitative estimate of drug-likeness (QED) is 0.589. The molecule has 0 unspecified atom stereocenters. The Morgan fingerprint density at radius 3 is 2.71 bits per heavy atom. The number of methoxy groups -OCH3 is 1. The second-order valence-corrected chi connectivity index (χ2v) is 4.08. The first-order valence-corrected chi connectivity index (χ1v) is 5.96. The molecule has 0 fully saturated rings. The first-order valence-electron chi connectivity index (χ1n) is 5.96. The summed E-state index contributed by atoms with van der Waals surface area (Å²) < 4.78 is 10.6. The molecule has 21 heavy (non-hydrogen) atoms. The summed E-state index contributed by atoms with van der Waals surface area (Å²) in [6.45, 7) is 0.0436. The topological polar surface area (TPSA) is 131 Å². The van der Waals surface area contributed by atoms with Gasteiger partial charge in [0.2, 0.25) is 5.82 Å². The molecule has 0 saturated carbocycles. The van der Waals surface area contributed by atoms with E-state index in [2.05, 4.69) is 15.4 Å². The van der Waals surface area contributed by atoms with Crippen LogP contribution in [0.25, 0.3) is 0 Å². The largest absolute Gasteiger partial charge is 0.493 e. The molecule has 0 atom stereocenters. The molecule has 2 rings (SSSR count). The lowest BCUT2D eigenvalue weighted by Gasteiger charge is -2.11. The van der Waals surface area contributed by atoms with Crippen molar-refractivity contribution in [2.75, 3.05) is 7.11 Å². The number of nitrogens with two attached hydrogens (primary N) is 1. The maximum Gasteiger partial charge on any atom is 0.277 e. The number of rotatable bonds is 6. The van der Waals surface area contributed by atoms with Gasteiger partial charge in [-0.1, -0.05) is 0 Å². The second kappa shape index (κ2) is 6.13. The summed E-state index contributed by atoms with van der Waals surface area (Å²) >= 11 is 0. The molecule has 1 heterocycles. The summed E-state index contributed by atoms with van der Waals surface area (Å²) in [6, 6.07) is 2.76. The molecular weight excluding hydrogens is 280 g/mol. The Bertz CT molecular complexity index is 656. The number of nitrogens with zero attached hydrogens (tertiary/aromatic N) is 5. The molecule has 0 radical (unpaired) electrons. The molecule has 2 aromatic rings. The zero-order valence-corrected chi connectivity index (χ0v) is 11.5. The molecule has 0 aliphatic rings. The molecule has 1 aromatic carbocycles. The Morgan fingerprint density at radius 2 is 2.19 bits per heavy atom. The minimum absolute atomic E-state index is 0.0172. The van der Waals surface area contributed by atoms with Crippen molar-refractivity contribution in [1.82, 2.24) is 20.2 Å². The van der Waals surface area contributed by atoms with Crippen LogP contribution in [0.3, 0.4) is 0 Å². The van der Waals surface area contributed by atoms with Crippen molar-refractivity contribution in [2.24, 2.45) is 12.8 Å². The lowest BCUT2D eigenvalue weighted by atomic mass is 10.1. The van der Waals surface area contributed by atoms with E-state index in [0.29, 0.717) is 17.1 Å². The number of ether oxygens (including phenoxy) is 2. The van der Waals surface area contributed by atoms with Crippen molar-refractivity contribution >= 4 is 5.69 Å². The molecular formula is C11H14N6O4. The van der Waals surface area contributed by atoms with Gasteiger partial charge in [-0.3, -0.25) is 10.1 Å². The zero-order valence-electron chi connectivity index (χ0n) is 11.5. The molecule has 0 bridgehead atoms. The zero-order chi connectivity index (χ0) is 15.4. The van der Waals surface area contributed by atoms with Crippen LogP contribution in [0.5, 0.6) is 11.5 Å². The van der Waals surface area contributed by atoms with E-state index in [0.717, 1.165) is 0 Å². The monoisotopic (exact) mass is 294 g/mol. The number of aromatic nitrogens is 4. The van der Waals surface area contributed by atoms with Gasteiger partial charge in [0.25, 0.3) is 5.69 Å². The fraction of sp³-hybridized carbons (Fsp3) is 0.364.